The van der Waals surface area contributed by atoms with Crippen molar-refractivity contribution in [2.75, 3.05) is 33.4 Å². The minimum Gasteiger partial charge on any atom is -0.381 e. The zero-order valence-electron chi connectivity index (χ0n) is 15.4. The van der Waals surface area contributed by atoms with E-state index < -0.39 is 0 Å². The molecule has 0 atom stereocenters. The molecule has 2 rings (SSSR count). The summed E-state index contributed by atoms with van der Waals surface area (Å²) >= 11 is 0. The van der Waals surface area contributed by atoms with Crippen molar-refractivity contribution in [1.82, 2.24) is 20.4 Å². The lowest BCUT2D eigenvalue weighted by Gasteiger charge is -2.12. The molecule has 1 aromatic heterocycles. The van der Waals surface area contributed by atoms with Gasteiger partial charge in [-0.05, 0) is 30.9 Å². The first-order chi connectivity index (χ1) is 12.4. The Kier molecular flexibility index (Phi) is 12.6. The van der Waals surface area contributed by atoms with Gasteiger partial charge in [0, 0.05) is 45.7 Å². The van der Waals surface area contributed by atoms with Crippen molar-refractivity contribution in [3.05, 3.63) is 54.4 Å². The predicted octanol–water partition coefficient (Wildman–Crippen LogP) is 2.71. The van der Waals surface area contributed by atoms with Crippen LogP contribution in [-0.4, -0.2) is 49.1 Å². The van der Waals surface area contributed by atoms with Gasteiger partial charge in [0.05, 0.1) is 6.61 Å². The number of ether oxygens (including phenoxy) is 1. The highest BCUT2D eigenvalue weighted by Crippen LogP contribution is 1.99. The van der Waals surface area contributed by atoms with Crippen molar-refractivity contribution in [3.63, 3.8) is 0 Å². The van der Waals surface area contributed by atoms with Gasteiger partial charge in [-0.25, -0.2) is 0 Å². The van der Waals surface area contributed by atoms with Gasteiger partial charge in [0.15, 0.2) is 5.96 Å². The Morgan fingerprint density at radius 2 is 1.85 bits per heavy atom. The molecule has 0 aliphatic carbocycles. The number of aliphatic imine (C=N–C) groups is 1. The molecule has 1 aromatic carbocycles. The highest BCUT2D eigenvalue weighted by Gasteiger charge is 1.98. The van der Waals surface area contributed by atoms with Crippen molar-refractivity contribution in [1.29, 1.82) is 0 Å². The average molecular weight is 471 g/mol. The van der Waals surface area contributed by atoms with Gasteiger partial charge in [0.1, 0.15) is 0 Å². The van der Waals surface area contributed by atoms with Crippen LogP contribution < -0.4 is 10.6 Å². The van der Waals surface area contributed by atoms with E-state index in [1.165, 1.54) is 5.56 Å². The second-order valence-electron chi connectivity index (χ2n) is 5.75. The third-order valence-electron chi connectivity index (χ3n) is 3.78. The number of aryl methyl sites for hydroxylation is 1. The molecule has 26 heavy (non-hydrogen) atoms. The molecular formula is C19H30IN5O. The summed E-state index contributed by atoms with van der Waals surface area (Å²) in [5.41, 5.74) is 1.32. The molecule has 0 aliphatic heterocycles. The van der Waals surface area contributed by atoms with Crippen molar-refractivity contribution in [2.45, 2.75) is 25.8 Å². The van der Waals surface area contributed by atoms with E-state index in [0.717, 1.165) is 58.1 Å². The summed E-state index contributed by atoms with van der Waals surface area (Å²) in [5.74, 6) is 0.838. The maximum atomic E-state index is 5.68. The highest BCUT2D eigenvalue weighted by atomic mass is 127. The van der Waals surface area contributed by atoms with Crippen LogP contribution in [0.1, 0.15) is 18.4 Å². The lowest BCUT2D eigenvalue weighted by molar-refractivity contribution is 0.135. The molecule has 0 bridgehead atoms. The molecule has 6 nitrogen and oxygen atoms in total. The highest BCUT2D eigenvalue weighted by molar-refractivity contribution is 14.0. The Morgan fingerprint density at radius 3 is 2.54 bits per heavy atom. The molecule has 7 heteroatoms. The van der Waals surface area contributed by atoms with Crippen molar-refractivity contribution in [3.8, 4) is 0 Å². The standard InChI is InChI=1S/C19H29N5O.HI/c1-20-19(21-11-5-14-24-15-6-13-23-24)22-12-7-16-25-17-10-18-8-3-2-4-9-18;/h2-4,6,8-9,13,15H,5,7,10-12,14,16-17H2,1H3,(H2,20,21,22);1H. The fraction of sp³-hybridized carbons (Fsp3) is 0.474. The zero-order valence-corrected chi connectivity index (χ0v) is 17.8. The molecule has 0 fully saturated rings. The zero-order chi connectivity index (χ0) is 17.6. The van der Waals surface area contributed by atoms with E-state index in [-0.39, 0.29) is 24.0 Å². The largest absolute Gasteiger partial charge is 0.381 e. The predicted molar refractivity (Wildman–Crippen MR) is 117 cm³/mol. The van der Waals surface area contributed by atoms with Crippen LogP contribution in [0.2, 0.25) is 0 Å². The van der Waals surface area contributed by atoms with Gasteiger partial charge >= 0.3 is 0 Å². The van der Waals surface area contributed by atoms with Crippen LogP contribution in [0.4, 0.5) is 0 Å². The summed E-state index contributed by atoms with van der Waals surface area (Å²) in [6.07, 6.45) is 6.71. The first-order valence-corrected chi connectivity index (χ1v) is 8.92. The third-order valence-corrected chi connectivity index (χ3v) is 3.78. The van der Waals surface area contributed by atoms with Crippen LogP contribution in [0.3, 0.4) is 0 Å². The molecule has 0 unspecified atom stereocenters. The Balaban J connectivity index is 0.00000338. The molecule has 144 valence electrons. The van der Waals surface area contributed by atoms with Gasteiger partial charge in [-0.1, -0.05) is 30.3 Å². The molecular weight excluding hydrogens is 441 g/mol. The van der Waals surface area contributed by atoms with Gasteiger partial charge in [0.2, 0.25) is 0 Å². The summed E-state index contributed by atoms with van der Waals surface area (Å²) in [5, 5.41) is 10.8. The van der Waals surface area contributed by atoms with Gasteiger partial charge < -0.3 is 15.4 Å². The van der Waals surface area contributed by atoms with Crippen molar-refractivity contribution in [2.24, 2.45) is 4.99 Å². The molecule has 0 spiro atoms. The Labute approximate surface area is 173 Å². The third kappa shape index (κ3) is 9.76. The van der Waals surface area contributed by atoms with Crippen molar-refractivity contribution >= 4 is 29.9 Å². The fourth-order valence-electron chi connectivity index (χ4n) is 2.42. The minimum atomic E-state index is 0. The number of aromatic nitrogens is 2. The van der Waals surface area contributed by atoms with Gasteiger partial charge in [-0.15, -0.1) is 24.0 Å². The van der Waals surface area contributed by atoms with Gasteiger partial charge in [-0.2, -0.15) is 5.10 Å². The number of rotatable bonds is 11. The lowest BCUT2D eigenvalue weighted by Crippen LogP contribution is -2.38. The van der Waals surface area contributed by atoms with Crippen LogP contribution in [0.5, 0.6) is 0 Å². The summed E-state index contributed by atoms with van der Waals surface area (Å²) in [6, 6.07) is 12.4. The first kappa shape index (κ1) is 22.4. The minimum absolute atomic E-state index is 0. The van der Waals surface area contributed by atoms with E-state index >= 15 is 0 Å². The summed E-state index contributed by atoms with van der Waals surface area (Å²) in [7, 11) is 1.79. The number of halogens is 1. The molecule has 0 saturated carbocycles. The number of nitrogens with zero attached hydrogens (tertiary/aromatic N) is 3. The molecule has 0 saturated heterocycles. The number of benzene rings is 1. The smallest absolute Gasteiger partial charge is 0.190 e. The summed E-state index contributed by atoms with van der Waals surface area (Å²) in [6.45, 7) is 4.16. The molecule has 0 radical (unpaired) electrons. The monoisotopic (exact) mass is 471 g/mol. The van der Waals surface area contributed by atoms with E-state index in [2.05, 4.69) is 45.0 Å². The second-order valence-corrected chi connectivity index (χ2v) is 5.75. The summed E-state index contributed by atoms with van der Waals surface area (Å²) in [4.78, 5) is 4.23. The molecule has 0 aliphatic rings. The average Bonchev–Trinajstić information content (AvgIpc) is 3.17. The van der Waals surface area contributed by atoms with Crippen LogP contribution in [-0.2, 0) is 17.7 Å². The molecule has 2 aromatic rings. The topological polar surface area (TPSA) is 63.5 Å². The second kappa shape index (κ2) is 14.5. The normalized spacial score (nSPS) is 11.0. The van der Waals surface area contributed by atoms with E-state index in [9.17, 15) is 0 Å². The Hall–Kier alpha value is -1.61. The Morgan fingerprint density at radius 1 is 1.08 bits per heavy atom. The van der Waals surface area contributed by atoms with E-state index in [1.807, 2.05) is 23.0 Å². The fourth-order valence-corrected chi connectivity index (χ4v) is 2.42. The van der Waals surface area contributed by atoms with Crippen LogP contribution in [0.15, 0.2) is 53.8 Å². The molecule has 2 N–H and O–H groups in total. The lowest BCUT2D eigenvalue weighted by atomic mass is 10.2. The quantitative estimate of drug-likeness (QED) is 0.229. The summed E-state index contributed by atoms with van der Waals surface area (Å²) < 4.78 is 7.62. The van der Waals surface area contributed by atoms with E-state index in [0.29, 0.717) is 0 Å². The van der Waals surface area contributed by atoms with Crippen LogP contribution in [0, 0.1) is 0 Å². The number of nitrogens with one attached hydrogen (secondary N) is 2. The van der Waals surface area contributed by atoms with Crippen LogP contribution in [0.25, 0.3) is 0 Å². The maximum absolute atomic E-state index is 5.68. The molecule has 1 heterocycles. The van der Waals surface area contributed by atoms with Gasteiger partial charge in [-0.3, -0.25) is 9.67 Å². The van der Waals surface area contributed by atoms with Crippen LogP contribution >= 0.6 is 24.0 Å². The van der Waals surface area contributed by atoms with Crippen molar-refractivity contribution < 1.29 is 4.74 Å². The first-order valence-electron chi connectivity index (χ1n) is 8.92. The van der Waals surface area contributed by atoms with E-state index in [1.54, 1.807) is 13.2 Å². The maximum Gasteiger partial charge on any atom is 0.190 e. The SMILES string of the molecule is CN=C(NCCCOCCc1ccccc1)NCCCn1cccn1.I. The molecule has 0 amide bonds. The number of hydrogen-bond donors (Lipinski definition) is 2. The Bertz CT molecular complexity index is 589. The number of guanidine groups is 1. The van der Waals surface area contributed by atoms with E-state index in [4.69, 9.17) is 4.74 Å². The number of hydrogen-bond acceptors (Lipinski definition) is 3. The van der Waals surface area contributed by atoms with Gasteiger partial charge in [0.25, 0.3) is 0 Å².